The first-order valence-electron chi connectivity index (χ1n) is 11.7. The van der Waals surface area contributed by atoms with E-state index in [-0.39, 0.29) is 19.1 Å². The number of hydrogen-bond acceptors (Lipinski definition) is 12. The fraction of sp³-hybridized carbons (Fsp3) is 0.792. The molecule has 0 aromatic heterocycles. The second-order valence-electron chi connectivity index (χ2n) is 10.3. The molecule has 2 heterocycles. The minimum Gasteiger partial charge on any atom is -0.463 e. The van der Waals surface area contributed by atoms with Crippen LogP contribution >= 0.6 is 0 Å². The van der Waals surface area contributed by atoms with Crippen molar-refractivity contribution in [3.8, 4) is 0 Å². The molecule has 2 fully saturated rings. The maximum atomic E-state index is 12.3. The molecule has 2 aliphatic heterocycles. The second kappa shape index (κ2) is 11.7. The zero-order valence-electron chi connectivity index (χ0n) is 22.2. The number of esters is 4. The van der Waals surface area contributed by atoms with Gasteiger partial charge in [-0.3, -0.25) is 28.9 Å². The summed E-state index contributed by atoms with van der Waals surface area (Å²) >= 11 is 0. The highest BCUT2D eigenvalue weighted by atomic mass is 16.7. The first-order valence-corrected chi connectivity index (χ1v) is 11.7. The van der Waals surface area contributed by atoms with Crippen LogP contribution in [0.25, 0.3) is 0 Å². The lowest BCUT2D eigenvalue weighted by atomic mass is 9.79. The van der Waals surface area contributed by atoms with E-state index in [2.05, 4.69) is 0 Å². The molecule has 0 saturated carbocycles. The van der Waals surface area contributed by atoms with Crippen molar-refractivity contribution in [2.75, 3.05) is 13.3 Å². The Morgan fingerprint density at radius 2 is 1.28 bits per heavy atom. The molecule has 12 heteroatoms. The molecule has 5 atom stereocenters. The fourth-order valence-corrected chi connectivity index (χ4v) is 4.86. The summed E-state index contributed by atoms with van der Waals surface area (Å²) in [5.41, 5.74) is -1.09. The Morgan fingerprint density at radius 1 is 0.806 bits per heavy atom. The number of ether oxygens (including phenoxy) is 6. The Labute approximate surface area is 210 Å². The van der Waals surface area contributed by atoms with Crippen LogP contribution in [-0.4, -0.2) is 89.7 Å². The number of carbonyl (C=O) groups is 5. The van der Waals surface area contributed by atoms with Gasteiger partial charge in [0.25, 0.3) is 0 Å². The molecule has 0 bridgehead atoms. The molecule has 0 unspecified atom stereocenters. The largest absolute Gasteiger partial charge is 0.463 e. The maximum absolute atomic E-state index is 12.3. The molecule has 2 saturated heterocycles. The van der Waals surface area contributed by atoms with Gasteiger partial charge in [-0.15, -0.1) is 0 Å². The molecule has 204 valence electrons. The average molecular weight is 516 g/mol. The van der Waals surface area contributed by atoms with Crippen LogP contribution in [0, 0.1) is 0 Å². The molecule has 2 rings (SSSR count). The number of Topliss-reactive ketones (excluding diaryl/α,β-unsaturated/α-hetero) is 1. The Kier molecular flexibility index (Phi) is 9.60. The van der Waals surface area contributed by atoms with Gasteiger partial charge < -0.3 is 28.4 Å². The van der Waals surface area contributed by atoms with Crippen molar-refractivity contribution in [1.82, 2.24) is 4.90 Å². The van der Waals surface area contributed by atoms with Crippen molar-refractivity contribution in [1.29, 1.82) is 0 Å². The summed E-state index contributed by atoms with van der Waals surface area (Å²) in [4.78, 5) is 61.5. The van der Waals surface area contributed by atoms with Crippen LogP contribution in [0.5, 0.6) is 0 Å². The van der Waals surface area contributed by atoms with E-state index >= 15 is 0 Å². The van der Waals surface area contributed by atoms with E-state index in [0.29, 0.717) is 12.8 Å². The van der Waals surface area contributed by atoms with Crippen LogP contribution in [0.3, 0.4) is 0 Å². The molecule has 12 nitrogen and oxygen atoms in total. The lowest BCUT2D eigenvalue weighted by Gasteiger charge is -2.52. The Morgan fingerprint density at radius 3 is 1.75 bits per heavy atom. The van der Waals surface area contributed by atoms with Crippen molar-refractivity contribution in [2.24, 2.45) is 0 Å². The molecule has 0 spiro atoms. The molecule has 0 aromatic rings. The van der Waals surface area contributed by atoms with Gasteiger partial charge in [-0.2, -0.15) is 0 Å². The Bertz CT molecular complexity index is 848. The predicted molar refractivity (Wildman–Crippen MR) is 122 cm³/mol. The van der Waals surface area contributed by atoms with Crippen LogP contribution in [0.1, 0.15) is 68.2 Å². The summed E-state index contributed by atoms with van der Waals surface area (Å²) in [5, 5.41) is 0. The maximum Gasteiger partial charge on any atom is 0.303 e. The van der Waals surface area contributed by atoms with Gasteiger partial charge in [0.15, 0.2) is 18.3 Å². The number of nitrogens with zero attached hydrogens (tertiary/aromatic N) is 1. The normalized spacial score (nSPS) is 29.7. The highest BCUT2D eigenvalue weighted by Crippen LogP contribution is 2.37. The third-order valence-corrected chi connectivity index (χ3v) is 6.04. The van der Waals surface area contributed by atoms with Gasteiger partial charge in [-0.05, 0) is 27.7 Å². The van der Waals surface area contributed by atoms with Crippen LogP contribution in [0.15, 0.2) is 0 Å². The van der Waals surface area contributed by atoms with Crippen molar-refractivity contribution >= 4 is 29.7 Å². The molecule has 0 amide bonds. The summed E-state index contributed by atoms with van der Waals surface area (Å²) < 4.78 is 33.4. The molecular weight excluding hydrogens is 478 g/mol. The fourth-order valence-electron chi connectivity index (χ4n) is 4.86. The zero-order valence-corrected chi connectivity index (χ0v) is 22.2. The summed E-state index contributed by atoms with van der Waals surface area (Å²) in [7, 11) is 0. The lowest BCUT2D eigenvalue weighted by Crippen LogP contribution is -2.65. The van der Waals surface area contributed by atoms with Gasteiger partial charge >= 0.3 is 23.9 Å². The zero-order chi connectivity index (χ0) is 27.4. The number of rotatable bonds is 8. The Balaban J connectivity index is 2.41. The molecule has 0 radical (unpaired) electrons. The topological polar surface area (TPSA) is 144 Å². The monoisotopic (exact) mass is 515 g/mol. The summed E-state index contributed by atoms with van der Waals surface area (Å²) in [6.07, 6.45) is -5.61. The third kappa shape index (κ3) is 7.71. The quantitative estimate of drug-likeness (QED) is 0.339. The van der Waals surface area contributed by atoms with Gasteiger partial charge in [0.1, 0.15) is 25.2 Å². The number of ketones is 1. The highest BCUT2D eigenvalue weighted by Gasteiger charge is 2.53. The van der Waals surface area contributed by atoms with Crippen LogP contribution < -0.4 is 0 Å². The van der Waals surface area contributed by atoms with E-state index in [9.17, 15) is 24.0 Å². The van der Waals surface area contributed by atoms with Crippen molar-refractivity contribution in [2.45, 2.75) is 110 Å². The number of hydrogen-bond donors (Lipinski definition) is 0. The molecular formula is C24H37NO11. The minimum absolute atomic E-state index is 0.0268. The number of carbonyl (C=O) groups excluding carboxylic acids is 5. The van der Waals surface area contributed by atoms with Crippen molar-refractivity contribution < 1.29 is 52.4 Å². The SMILES string of the molecule is CC(=O)OC[C@H]1O[C@@H](OCN2C(C)(C)CC(=O)CC2(C)C)[C@H](OC(C)=O)[C@@H](OC(C)=O)[C@@H]1OC(C)=O. The van der Waals surface area contributed by atoms with Crippen molar-refractivity contribution in [3.05, 3.63) is 0 Å². The third-order valence-electron chi connectivity index (χ3n) is 6.04. The summed E-state index contributed by atoms with van der Waals surface area (Å²) in [6, 6.07) is 0. The number of piperidine rings is 1. The standard InChI is InChI=1S/C24H37NO11/c1-13(26)31-11-18-19(33-14(2)27)20(34-15(3)28)21(35-16(4)29)22(36-18)32-12-25-23(5,6)9-17(30)10-24(25,7)8/h18-22H,9-12H2,1-8H3/t18-,19-,20+,21-,22-/m1/s1. The molecule has 0 aromatic carbocycles. The first-order chi connectivity index (χ1) is 16.5. The van der Waals surface area contributed by atoms with Gasteiger partial charge in [0.05, 0.1) is 0 Å². The van der Waals surface area contributed by atoms with E-state index in [1.54, 1.807) is 0 Å². The van der Waals surface area contributed by atoms with E-state index in [4.69, 9.17) is 28.4 Å². The predicted octanol–water partition coefficient (Wildman–Crippen LogP) is 1.27. The van der Waals surface area contributed by atoms with E-state index in [1.807, 2.05) is 32.6 Å². The van der Waals surface area contributed by atoms with E-state index in [1.165, 1.54) is 6.92 Å². The van der Waals surface area contributed by atoms with E-state index in [0.717, 1.165) is 20.8 Å². The van der Waals surface area contributed by atoms with E-state index < -0.39 is 65.7 Å². The van der Waals surface area contributed by atoms with Gasteiger partial charge in [-0.1, -0.05) is 0 Å². The second-order valence-corrected chi connectivity index (χ2v) is 10.3. The molecule has 2 aliphatic rings. The van der Waals surface area contributed by atoms with Gasteiger partial charge in [0, 0.05) is 51.6 Å². The highest BCUT2D eigenvalue weighted by molar-refractivity contribution is 5.81. The summed E-state index contributed by atoms with van der Waals surface area (Å²) in [6.45, 7) is 12.0. The van der Waals surface area contributed by atoms with Crippen LogP contribution in [0.2, 0.25) is 0 Å². The smallest absolute Gasteiger partial charge is 0.303 e. The Hall–Kier alpha value is -2.57. The van der Waals surface area contributed by atoms with Gasteiger partial charge in [0.2, 0.25) is 6.29 Å². The van der Waals surface area contributed by atoms with Crippen LogP contribution in [0.4, 0.5) is 0 Å². The first kappa shape index (κ1) is 29.7. The molecule has 0 aliphatic carbocycles. The minimum atomic E-state index is -1.31. The summed E-state index contributed by atoms with van der Waals surface area (Å²) in [5.74, 6) is -2.62. The van der Waals surface area contributed by atoms with Gasteiger partial charge in [-0.25, -0.2) is 0 Å². The lowest BCUT2D eigenvalue weighted by molar-refractivity contribution is -0.319. The number of likely N-dealkylation sites (tertiary alicyclic amines) is 1. The van der Waals surface area contributed by atoms with Crippen molar-refractivity contribution in [3.63, 3.8) is 0 Å². The van der Waals surface area contributed by atoms with Crippen LogP contribution in [-0.2, 0) is 52.4 Å². The average Bonchev–Trinajstić information content (AvgIpc) is 2.67. The molecule has 36 heavy (non-hydrogen) atoms. The molecule has 0 N–H and O–H groups in total.